The van der Waals surface area contributed by atoms with Crippen LogP contribution < -0.4 is 0 Å². The van der Waals surface area contributed by atoms with Gasteiger partial charge in [0.1, 0.15) is 0 Å². The van der Waals surface area contributed by atoms with Crippen LogP contribution in [0, 0.1) is 11.8 Å². The smallest absolute Gasteiger partial charge is 0.226 e. The van der Waals surface area contributed by atoms with Gasteiger partial charge in [-0.25, -0.2) is 0 Å². The van der Waals surface area contributed by atoms with Crippen molar-refractivity contribution < 1.29 is 4.79 Å². The second kappa shape index (κ2) is 3.76. The van der Waals surface area contributed by atoms with Crippen LogP contribution in [0.15, 0.2) is 12.2 Å². The predicted octanol–water partition coefficient (Wildman–Crippen LogP) is 2.21. The molecular formula is C12H19NO. The number of amides is 1. The van der Waals surface area contributed by atoms with E-state index >= 15 is 0 Å². The average molecular weight is 193 g/mol. The van der Waals surface area contributed by atoms with E-state index < -0.39 is 0 Å². The lowest BCUT2D eigenvalue weighted by Gasteiger charge is -2.27. The van der Waals surface area contributed by atoms with E-state index in [4.69, 9.17) is 0 Å². The number of carbonyl (C=O) groups is 1. The minimum atomic E-state index is 0.288. The van der Waals surface area contributed by atoms with Gasteiger partial charge < -0.3 is 4.90 Å². The highest BCUT2D eigenvalue weighted by atomic mass is 16.2. The Hall–Kier alpha value is -0.790. The van der Waals surface area contributed by atoms with Gasteiger partial charge in [0.2, 0.25) is 5.91 Å². The van der Waals surface area contributed by atoms with E-state index in [9.17, 15) is 4.79 Å². The summed E-state index contributed by atoms with van der Waals surface area (Å²) in [5.41, 5.74) is 0. The number of fused-ring (bicyclic) bond motifs is 1. The molecule has 1 fully saturated rings. The van der Waals surface area contributed by atoms with Crippen molar-refractivity contribution in [3.8, 4) is 0 Å². The molecule has 2 unspecified atom stereocenters. The Morgan fingerprint density at radius 2 is 2.21 bits per heavy atom. The number of allylic oxidation sites excluding steroid dienone is 1. The Morgan fingerprint density at radius 3 is 2.93 bits per heavy atom. The summed E-state index contributed by atoms with van der Waals surface area (Å²) in [5, 5.41) is 0. The third-order valence-corrected chi connectivity index (χ3v) is 3.48. The van der Waals surface area contributed by atoms with Crippen molar-refractivity contribution in [2.24, 2.45) is 11.8 Å². The maximum absolute atomic E-state index is 12.2. The van der Waals surface area contributed by atoms with Gasteiger partial charge in [-0.3, -0.25) is 4.79 Å². The van der Waals surface area contributed by atoms with Crippen LogP contribution in [0.3, 0.4) is 0 Å². The SMILES string of the molecule is CC(C)N1CC=CC2CCCC2C1=O. The Labute approximate surface area is 86.0 Å². The minimum Gasteiger partial charge on any atom is -0.336 e. The minimum absolute atomic E-state index is 0.288. The van der Waals surface area contributed by atoms with E-state index in [0.717, 1.165) is 13.0 Å². The van der Waals surface area contributed by atoms with Gasteiger partial charge in [0.05, 0.1) is 0 Å². The van der Waals surface area contributed by atoms with Crippen molar-refractivity contribution in [1.29, 1.82) is 0 Å². The van der Waals surface area contributed by atoms with Crippen molar-refractivity contribution in [1.82, 2.24) is 4.90 Å². The van der Waals surface area contributed by atoms with Crippen LogP contribution in [0.5, 0.6) is 0 Å². The number of nitrogens with zero attached hydrogens (tertiary/aromatic N) is 1. The molecule has 0 bridgehead atoms. The normalized spacial score (nSPS) is 32.2. The molecular weight excluding hydrogens is 174 g/mol. The zero-order chi connectivity index (χ0) is 10.1. The zero-order valence-corrected chi connectivity index (χ0v) is 9.07. The van der Waals surface area contributed by atoms with E-state index in [1.165, 1.54) is 12.8 Å². The van der Waals surface area contributed by atoms with Gasteiger partial charge in [-0.1, -0.05) is 18.6 Å². The second-order valence-electron chi connectivity index (χ2n) is 4.71. The van der Waals surface area contributed by atoms with Crippen molar-refractivity contribution in [2.45, 2.75) is 39.2 Å². The highest BCUT2D eigenvalue weighted by Crippen LogP contribution is 2.35. The fourth-order valence-electron chi connectivity index (χ4n) is 2.64. The van der Waals surface area contributed by atoms with Crippen molar-refractivity contribution in [3.05, 3.63) is 12.2 Å². The molecule has 1 amide bonds. The first-order valence-corrected chi connectivity index (χ1v) is 5.67. The van der Waals surface area contributed by atoms with E-state index in [0.29, 0.717) is 17.9 Å². The van der Waals surface area contributed by atoms with Gasteiger partial charge in [-0.05, 0) is 32.6 Å². The molecule has 0 aromatic heterocycles. The number of carbonyl (C=O) groups excluding carboxylic acids is 1. The van der Waals surface area contributed by atoms with Crippen LogP contribution in [0.2, 0.25) is 0 Å². The summed E-state index contributed by atoms with van der Waals surface area (Å²) < 4.78 is 0. The summed E-state index contributed by atoms with van der Waals surface area (Å²) in [6.45, 7) is 5.01. The summed E-state index contributed by atoms with van der Waals surface area (Å²) in [5.74, 6) is 1.20. The standard InChI is InChI=1S/C12H19NO/c1-9(2)13-8-4-6-10-5-3-7-11(10)12(13)14/h4,6,9-11H,3,5,7-8H2,1-2H3. The Balaban J connectivity index is 2.18. The van der Waals surface area contributed by atoms with Crippen LogP contribution in [0.25, 0.3) is 0 Å². The molecule has 14 heavy (non-hydrogen) atoms. The lowest BCUT2D eigenvalue weighted by atomic mass is 9.95. The van der Waals surface area contributed by atoms with Crippen LogP contribution >= 0.6 is 0 Å². The first kappa shape index (κ1) is 9.75. The topological polar surface area (TPSA) is 20.3 Å². The molecule has 1 aliphatic heterocycles. The molecule has 1 heterocycles. The molecule has 0 radical (unpaired) electrons. The summed E-state index contributed by atoms with van der Waals surface area (Å²) >= 11 is 0. The Kier molecular flexibility index (Phi) is 2.62. The molecule has 1 aliphatic carbocycles. The summed E-state index contributed by atoms with van der Waals surface area (Å²) in [4.78, 5) is 14.2. The Morgan fingerprint density at radius 1 is 1.43 bits per heavy atom. The molecule has 78 valence electrons. The van der Waals surface area contributed by atoms with Gasteiger partial charge in [0.25, 0.3) is 0 Å². The summed E-state index contributed by atoms with van der Waals surface area (Å²) in [6, 6.07) is 0.339. The molecule has 2 heteroatoms. The lowest BCUT2D eigenvalue weighted by Crippen LogP contribution is -2.40. The number of hydrogen-bond donors (Lipinski definition) is 0. The molecule has 2 aliphatic rings. The van der Waals surface area contributed by atoms with Crippen LogP contribution in [0.1, 0.15) is 33.1 Å². The maximum Gasteiger partial charge on any atom is 0.226 e. The van der Waals surface area contributed by atoms with Gasteiger partial charge in [-0.15, -0.1) is 0 Å². The monoisotopic (exact) mass is 193 g/mol. The predicted molar refractivity (Wildman–Crippen MR) is 56.8 cm³/mol. The average Bonchev–Trinajstić information content (AvgIpc) is 2.53. The van der Waals surface area contributed by atoms with E-state index in [2.05, 4.69) is 26.0 Å². The third-order valence-electron chi connectivity index (χ3n) is 3.48. The summed E-state index contributed by atoms with van der Waals surface area (Å²) in [6.07, 6.45) is 7.96. The molecule has 0 spiro atoms. The van der Waals surface area contributed by atoms with E-state index in [1.54, 1.807) is 0 Å². The van der Waals surface area contributed by atoms with Crippen molar-refractivity contribution >= 4 is 5.91 Å². The van der Waals surface area contributed by atoms with E-state index in [-0.39, 0.29) is 5.92 Å². The quantitative estimate of drug-likeness (QED) is 0.585. The van der Waals surface area contributed by atoms with Crippen molar-refractivity contribution in [2.75, 3.05) is 6.54 Å². The largest absolute Gasteiger partial charge is 0.336 e. The summed E-state index contributed by atoms with van der Waals surface area (Å²) in [7, 11) is 0. The fourth-order valence-corrected chi connectivity index (χ4v) is 2.64. The highest BCUT2D eigenvalue weighted by molar-refractivity contribution is 5.80. The lowest BCUT2D eigenvalue weighted by molar-refractivity contribution is -0.136. The molecule has 0 aromatic rings. The van der Waals surface area contributed by atoms with Crippen LogP contribution in [-0.2, 0) is 4.79 Å². The number of hydrogen-bond acceptors (Lipinski definition) is 1. The van der Waals surface area contributed by atoms with Gasteiger partial charge >= 0.3 is 0 Å². The third kappa shape index (κ3) is 1.58. The van der Waals surface area contributed by atoms with Crippen molar-refractivity contribution in [3.63, 3.8) is 0 Å². The molecule has 0 aromatic carbocycles. The first-order chi connectivity index (χ1) is 6.70. The molecule has 1 saturated carbocycles. The van der Waals surface area contributed by atoms with Crippen LogP contribution in [0.4, 0.5) is 0 Å². The van der Waals surface area contributed by atoms with Gasteiger partial charge in [0, 0.05) is 18.5 Å². The first-order valence-electron chi connectivity index (χ1n) is 5.67. The zero-order valence-electron chi connectivity index (χ0n) is 9.07. The van der Waals surface area contributed by atoms with Crippen LogP contribution in [-0.4, -0.2) is 23.4 Å². The molecule has 2 nitrogen and oxygen atoms in total. The van der Waals surface area contributed by atoms with E-state index in [1.807, 2.05) is 4.90 Å². The molecule has 0 saturated heterocycles. The second-order valence-corrected chi connectivity index (χ2v) is 4.71. The van der Waals surface area contributed by atoms with Gasteiger partial charge in [0.15, 0.2) is 0 Å². The molecule has 0 N–H and O–H groups in total. The number of rotatable bonds is 1. The Bertz CT molecular complexity index is 253. The van der Waals surface area contributed by atoms with Gasteiger partial charge in [-0.2, -0.15) is 0 Å². The maximum atomic E-state index is 12.2. The highest BCUT2D eigenvalue weighted by Gasteiger charge is 2.35. The fraction of sp³-hybridized carbons (Fsp3) is 0.750. The molecule has 2 atom stereocenters. The molecule has 2 rings (SSSR count).